The van der Waals surface area contributed by atoms with Crippen molar-refractivity contribution in [3.05, 3.63) is 75.8 Å². The van der Waals surface area contributed by atoms with Gasteiger partial charge in [-0.05, 0) is 49.7 Å². The second kappa shape index (κ2) is 10.1. The molecule has 2 aliphatic rings. The molecule has 1 amide bonds. The molecule has 2 saturated heterocycles. The zero-order valence-corrected chi connectivity index (χ0v) is 18.0. The predicted octanol–water partition coefficient (Wildman–Crippen LogP) is 2.87. The van der Waals surface area contributed by atoms with Crippen molar-refractivity contribution in [2.75, 3.05) is 26.2 Å². The maximum atomic E-state index is 13.2. The number of amides is 1. The summed E-state index contributed by atoms with van der Waals surface area (Å²) in [4.78, 5) is 27.6. The zero-order valence-electron chi connectivity index (χ0n) is 18.0. The van der Waals surface area contributed by atoms with E-state index in [1.807, 2.05) is 12.1 Å². The van der Waals surface area contributed by atoms with Crippen molar-refractivity contribution < 1.29 is 14.6 Å². The zero-order chi connectivity index (χ0) is 21.6. The van der Waals surface area contributed by atoms with E-state index in [-0.39, 0.29) is 22.4 Å². The van der Waals surface area contributed by atoms with E-state index < -0.39 is 0 Å². The molecule has 0 radical (unpaired) electrons. The Balaban J connectivity index is 1.30. The number of quaternary nitrogens is 1. The third-order valence-electron chi connectivity index (χ3n) is 6.89. The van der Waals surface area contributed by atoms with Crippen LogP contribution in [0.4, 0.5) is 5.69 Å². The Labute approximate surface area is 184 Å². The summed E-state index contributed by atoms with van der Waals surface area (Å²) in [6, 6.07) is 17.6. The fourth-order valence-corrected chi connectivity index (χ4v) is 5.19. The number of nitrogens with zero attached hydrogens (tertiary/aromatic N) is 2. The summed E-state index contributed by atoms with van der Waals surface area (Å²) < 4.78 is 0. The fourth-order valence-electron chi connectivity index (χ4n) is 5.19. The van der Waals surface area contributed by atoms with Crippen LogP contribution in [-0.4, -0.2) is 41.9 Å². The number of hydrogen-bond donors (Lipinski definition) is 1. The Morgan fingerprint density at radius 2 is 1.74 bits per heavy atom. The third kappa shape index (κ3) is 5.50. The highest BCUT2D eigenvalue weighted by atomic mass is 16.6. The SMILES string of the molecule is O=C([C@H]1CCC[NH+](Cc2ccccc2[N+](=O)[O-])C1)N1CCC(Cc2ccccc2)CC1. The molecular weight excluding hydrogens is 390 g/mol. The first-order valence-corrected chi connectivity index (χ1v) is 11.5. The van der Waals surface area contributed by atoms with Crippen LogP contribution in [0.25, 0.3) is 0 Å². The lowest BCUT2D eigenvalue weighted by molar-refractivity contribution is -0.921. The average Bonchev–Trinajstić information content (AvgIpc) is 2.80. The highest BCUT2D eigenvalue weighted by molar-refractivity contribution is 5.79. The van der Waals surface area contributed by atoms with E-state index in [2.05, 4.69) is 35.2 Å². The molecule has 0 aromatic heterocycles. The van der Waals surface area contributed by atoms with E-state index in [4.69, 9.17) is 0 Å². The van der Waals surface area contributed by atoms with Crippen molar-refractivity contribution >= 4 is 11.6 Å². The monoisotopic (exact) mass is 422 g/mol. The lowest BCUT2D eigenvalue weighted by Gasteiger charge is -2.36. The van der Waals surface area contributed by atoms with Gasteiger partial charge in [0.2, 0.25) is 5.91 Å². The quantitative estimate of drug-likeness (QED) is 0.575. The third-order valence-corrected chi connectivity index (χ3v) is 6.89. The van der Waals surface area contributed by atoms with Gasteiger partial charge in [0, 0.05) is 19.2 Å². The maximum Gasteiger partial charge on any atom is 0.278 e. The highest BCUT2D eigenvalue weighted by Gasteiger charge is 2.34. The minimum atomic E-state index is -0.305. The molecule has 4 rings (SSSR count). The Morgan fingerprint density at radius 3 is 2.48 bits per heavy atom. The average molecular weight is 423 g/mol. The topological polar surface area (TPSA) is 67.9 Å². The van der Waals surface area contributed by atoms with Gasteiger partial charge in [-0.1, -0.05) is 42.5 Å². The molecule has 6 heteroatoms. The number of para-hydroxylation sites is 1. The first-order valence-electron chi connectivity index (χ1n) is 11.5. The molecule has 0 bridgehead atoms. The molecule has 2 fully saturated rings. The number of hydrogen-bond acceptors (Lipinski definition) is 3. The number of likely N-dealkylation sites (tertiary alicyclic amines) is 2. The number of benzene rings is 2. The van der Waals surface area contributed by atoms with Crippen LogP contribution in [0.1, 0.15) is 36.8 Å². The lowest BCUT2D eigenvalue weighted by atomic mass is 9.89. The molecule has 1 N–H and O–H groups in total. The molecule has 0 saturated carbocycles. The van der Waals surface area contributed by atoms with Crippen LogP contribution < -0.4 is 4.90 Å². The molecule has 164 valence electrons. The fraction of sp³-hybridized carbons (Fsp3) is 0.480. The molecule has 1 unspecified atom stereocenters. The summed E-state index contributed by atoms with van der Waals surface area (Å²) in [5.41, 5.74) is 2.33. The van der Waals surface area contributed by atoms with Crippen molar-refractivity contribution in [2.45, 2.75) is 38.6 Å². The molecule has 6 nitrogen and oxygen atoms in total. The van der Waals surface area contributed by atoms with Crippen molar-refractivity contribution in [1.82, 2.24) is 4.90 Å². The van der Waals surface area contributed by atoms with E-state index in [0.29, 0.717) is 12.5 Å². The first kappa shape index (κ1) is 21.5. The van der Waals surface area contributed by atoms with E-state index in [1.165, 1.54) is 10.5 Å². The van der Waals surface area contributed by atoms with E-state index in [0.717, 1.165) is 63.8 Å². The summed E-state index contributed by atoms with van der Waals surface area (Å²) in [6.07, 6.45) is 5.17. The minimum absolute atomic E-state index is 0.0391. The second-order valence-corrected chi connectivity index (χ2v) is 9.06. The van der Waals surface area contributed by atoms with Gasteiger partial charge < -0.3 is 9.80 Å². The molecule has 2 aliphatic heterocycles. The van der Waals surface area contributed by atoms with Gasteiger partial charge in [0.15, 0.2) is 0 Å². The first-order chi connectivity index (χ1) is 15.1. The van der Waals surface area contributed by atoms with Crippen molar-refractivity contribution in [1.29, 1.82) is 0 Å². The van der Waals surface area contributed by atoms with Crippen LogP contribution in [0.3, 0.4) is 0 Å². The Morgan fingerprint density at radius 1 is 1.03 bits per heavy atom. The smallest absolute Gasteiger partial charge is 0.278 e. The van der Waals surface area contributed by atoms with Crippen molar-refractivity contribution in [3.63, 3.8) is 0 Å². The lowest BCUT2D eigenvalue weighted by Crippen LogP contribution is -3.12. The minimum Gasteiger partial charge on any atom is -0.342 e. The number of piperidine rings is 2. The van der Waals surface area contributed by atoms with E-state index in [9.17, 15) is 14.9 Å². The van der Waals surface area contributed by atoms with Gasteiger partial charge in [-0.25, -0.2) is 0 Å². The van der Waals surface area contributed by atoms with Gasteiger partial charge in [-0.2, -0.15) is 0 Å². The van der Waals surface area contributed by atoms with Crippen LogP contribution in [0.15, 0.2) is 54.6 Å². The van der Waals surface area contributed by atoms with E-state index in [1.54, 1.807) is 12.1 Å². The Hall–Kier alpha value is -2.73. The molecule has 2 aromatic rings. The number of nitro groups is 1. The summed E-state index contributed by atoms with van der Waals surface area (Å²) in [6.45, 7) is 4.06. The summed E-state index contributed by atoms with van der Waals surface area (Å²) in [5, 5.41) is 11.3. The predicted molar refractivity (Wildman–Crippen MR) is 120 cm³/mol. The van der Waals surface area contributed by atoms with Crippen LogP contribution in [0.2, 0.25) is 0 Å². The van der Waals surface area contributed by atoms with Gasteiger partial charge in [0.05, 0.1) is 29.5 Å². The van der Waals surface area contributed by atoms with Gasteiger partial charge in [-0.3, -0.25) is 14.9 Å². The molecule has 31 heavy (non-hydrogen) atoms. The second-order valence-electron chi connectivity index (χ2n) is 9.06. The number of carbonyl (C=O) groups excluding carboxylic acids is 1. The number of nitro benzene ring substituents is 1. The Kier molecular flexibility index (Phi) is 6.97. The van der Waals surface area contributed by atoms with Crippen LogP contribution in [-0.2, 0) is 17.8 Å². The molecule has 0 aliphatic carbocycles. The highest BCUT2D eigenvalue weighted by Crippen LogP contribution is 2.24. The molecular formula is C25H32N3O3+. The molecule has 2 atom stereocenters. The van der Waals surface area contributed by atoms with E-state index >= 15 is 0 Å². The largest absolute Gasteiger partial charge is 0.342 e. The Bertz CT molecular complexity index is 894. The summed E-state index contributed by atoms with van der Waals surface area (Å²) >= 11 is 0. The van der Waals surface area contributed by atoms with Gasteiger partial charge >= 0.3 is 0 Å². The van der Waals surface area contributed by atoms with Gasteiger partial charge in [-0.15, -0.1) is 0 Å². The maximum absolute atomic E-state index is 13.2. The van der Waals surface area contributed by atoms with Gasteiger partial charge in [0.25, 0.3) is 5.69 Å². The summed E-state index contributed by atoms with van der Waals surface area (Å²) in [5.74, 6) is 0.980. The van der Waals surface area contributed by atoms with Crippen LogP contribution >= 0.6 is 0 Å². The molecule has 2 heterocycles. The van der Waals surface area contributed by atoms with Crippen LogP contribution in [0, 0.1) is 22.0 Å². The normalized spacial score (nSPS) is 22.3. The number of nitrogens with one attached hydrogen (secondary N) is 1. The van der Waals surface area contributed by atoms with Crippen molar-refractivity contribution in [2.24, 2.45) is 11.8 Å². The number of carbonyl (C=O) groups is 1. The van der Waals surface area contributed by atoms with Crippen molar-refractivity contribution in [3.8, 4) is 0 Å². The number of rotatable bonds is 6. The molecule has 2 aromatic carbocycles. The van der Waals surface area contributed by atoms with Crippen LogP contribution in [0.5, 0.6) is 0 Å². The standard InChI is InChI=1S/C25H31N3O3/c29-25(27-15-12-21(13-16-27)17-20-7-2-1-3-8-20)23-10-6-14-26(19-23)18-22-9-4-5-11-24(22)28(30)31/h1-5,7-9,11,21,23H,6,10,12-19H2/p+1/t23-/m0/s1. The summed E-state index contributed by atoms with van der Waals surface area (Å²) in [7, 11) is 0. The molecule has 0 spiro atoms. The van der Waals surface area contributed by atoms with Gasteiger partial charge in [0.1, 0.15) is 6.54 Å².